The molecule has 1 saturated carbocycles. The summed E-state index contributed by atoms with van der Waals surface area (Å²) in [5, 5.41) is 6.63. The number of imidazole rings is 1. The van der Waals surface area contributed by atoms with Crippen molar-refractivity contribution in [2.24, 2.45) is 0 Å². The van der Waals surface area contributed by atoms with Crippen LogP contribution in [0.5, 0.6) is 0 Å². The van der Waals surface area contributed by atoms with Crippen LogP contribution >= 0.6 is 0 Å². The van der Waals surface area contributed by atoms with Crippen LogP contribution in [0.1, 0.15) is 32.1 Å². The van der Waals surface area contributed by atoms with Gasteiger partial charge in [0.25, 0.3) is 0 Å². The lowest BCUT2D eigenvalue weighted by Crippen LogP contribution is -2.23. The molecular formula is C17H19FN6. The summed E-state index contributed by atoms with van der Waals surface area (Å²) in [7, 11) is 0. The number of halogens is 1. The maximum absolute atomic E-state index is 13.0. The summed E-state index contributed by atoms with van der Waals surface area (Å²) in [6.07, 6.45) is 7.72. The van der Waals surface area contributed by atoms with E-state index in [-0.39, 0.29) is 5.82 Å². The van der Waals surface area contributed by atoms with Crippen molar-refractivity contribution in [2.75, 3.05) is 10.6 Å². The Morgan fingerprint density at radius 2 is 1.83 bits per heavy atom. The maximum atomic E-state index is 13.0. The molecule has 1 aliphatic rings. The van der Waals surface area contributed by atoms with Crippen molar-refractivity contribution in [3.8, 4) is 0 Å². The van der Waals surface area contributed by atoms with Gasteiger partial charge in [0.1, 0.15) is 11.3 Å². The van der Waals surface area contributed by atoms with E-state index in [0.717, 1.165) is 29.9 Å². The molecule has 1 aromatic carbocycles. The fourth-order valence-corrected chi connectivity index (χ4v) is 3.10. The predicted octanol–water partition coefficient (Wildman–Crippen LogP) is 3.98. The van der Waals surface area contributed by atoms with Gasteiger partial charge in [0.05, 0.1) is 6.33 Å². The Hall–Kier alpha value is -2.70. The molecule has 0 spiro atoms. The Labute approximate surface area is 138 Å². The predicted molar refractivity (Wildman–Crippen MR) is 91.9 cm³/mol. The SMILES string of the molecule is Fc1ccc(Nc2nc(NC3CCCCC3)c3[nH]cnc3n2)cc1. The molecule has 0 amide bonds. The van der Waals surface area contributed by atoms with Crippen LogP contribution in [0.2, 0.25) is 0 Å². The lowest BCUT2D eigenvalue weighted by molar-refractivity contribution is 0.462. The third kappa shape index (κ3) is 3.15. The second-order valence-electron chi connectivity index (χ2n) is 6.11. The number of anilines is 3. The molecule has 0 aliphatic heterocycles. The number of H-pyrrole nitrogens is 1. The lowest BCUT2D eigenvalue weighted by Gasteiger charge is -2.23. The highest BCUT2D eigenvalue weighted by molar-refractivity contribution is 5.84. The van der Waals surface area contributed by atoms with Gasteiger partial charge >= 0.3 is 0 Å². The molecule has 6 nitrogen and oxygen atoms in total. The quantitative estimate of drug-likeness (QED) is 0.676. The average molecular weight is 326 g/mol. The van der Waals surface area contributed by atoms with Gasteiger partial charge in [0.2, 0.25) is 5.95 Å². The normalized spacial score (nSPS) is 15.5. The minimum absolute atomic E-state index is 0.274. The van der Waals surface area contributed by atoms with E-state index >= 15 is 0 Å². The summed E-state index contributed by atoms with van der Waals surface area (Å²) in [4.78, 5) is 16.3. The van der Waals surface area contributed by atoms with Crippen molar-refractivity contribution >= 4 is 28.6 Å². The van der Waals surface area contributed by atoms with Gasteiger partial charge < -0.3 is 15.6 Å². The second-order valence-corrected chi connectivity index (χ2v) is 6.11. The van der Waals surface area contributed by atoms with E-state index in [2.05, 4.69) is 30.6 Å². The summed E-state index contributed by atoms with van der Waals surface area (Å²) in [5.41, 5.74) is 2.15. The van der Waals surface area contributed by atoms with Crippen molar-refractivity contribution in [3.63, 3.8) is 0 Å². The molecule has 1 aliphatic carbocycles. The van der Waals surface area contributed by atoms with Crippen LogP contribution in [0.15, 0.2) is 30.6 Å². The second kappa shape index (κ2) is 6.43. The molecule has 0 bridgehead atoms. The van der Waals surface area contributed by atoms with Gasteiger partial charge in [0.15, 0.2) is 11.5 Å². The zero-order chi connectivity index (χ0) is 16.4. The van der Waals surface area contributed by atoms with E-state index in [9.17, 15) is 4.39 Å². The number of rotatable bonds is 4. The number of fused-ring (bicyclic) bond motifs is 1. The van der Waals surface area contributed by atoms with Crippen molar-refractivity contribution in [1.29, 1.82) is 0 Å². The molecule has 7 heteroatoms. The number of nitrogens with zero attached hydrogens (tertiary/aromatic N) is 3. The van der Waals surface area contributed by atoms with Crippen LogP contribution in [0.4, 0.5) is 21.8 Å². The molecule has 3 aromatic rings. The Balaban J connectivity index is 1.62. The number of benzene rings is 1. The fraction of sp³-hybridized carbons (Fsp3) is 0.353. The van der Waals surface area contributed by atoms with Crippen LogP contribution in [-0.2, 0) is 0 Å². The molecule has 2 aromatic heterocycles. The van der Waals surface area contributed by atoms with E-state index in [1.807, 2.05) is 0 Å². The number of aromatic amines is 1. The van der Waals surface area contributed by atoms with Gasteiger partial charge in [-0.1, -0.05) is 19.3 Å². The van der Waals surface area contributed by atoms with Crippen molar-refractivity contribution in [3.05, 3.63) is 36.4 Å². The molecule has 3 N–H and O–H groups in total. The van der Waals surface area contributed by atoms with E-state index < -0.39 is 0 Å². The first-order valence-corrected chi connectivity index (χ1v) is 8.28. The number of nitrogens with one attached hydrogen (secondary N) is 3. The highest BCUT2D eigenvalue weighted by atomic mass is 19.1. The van der Waals surface area contributed by atoms with E-state index in [4.69, 9.17) is 0 Å². The highest BCUT2D eigenvalue weighted by Crippen LogP contribution is 2.25. The smallest absolute Gasteiger partial charge is 0.231 e. The highest BCUT2D eigenvalue weighted by Gasteiger charge is 2.17. The Bertz CT molecular complexity index is 823. The first-order chi connectivity index (χ1) is 11.8. The van der Waals surface area contributed by atoms with Gasteiger partial charge in [-0.3, -0.25) is 0 Å². The minimum Gasteiger partial charge on any atom is -0.365 e. The van der Waals surface area contributed by atoms with Crippen LogP contribution < -0.4 is 10.6 Å². The summed E-state index contributed by atoms with van der Waals surface area (Å²) in [6, 6.07) is 6.54. The molecule has 0 atom stereocenters. The summed E-state index contributed by atoms with van der Waals surface area (Å²) in [6.45, 7) is 0. The van der Waals surface area contributed by atoms with Gasteiger partial charge in [0, 0.05) is 11.7 Å². The van der Waals surface area contributed by atoms with Crippen molar-refractivity contribution in [2.45, 2.75) is 38.1 Å². The first-order valence-electron chi connectivity index (χ1n) is 8.28. The summed E-state index contributed by atoms with van der Waals surface area (Å²) < 4.78 is 13.0. The molecular weight excluding hydrogens is 307 g/mol. The fourth-order valence-electron chi connectivity index (χ4n) is 3.10. The molecule has 1 fully saturated rings. The number of hydrogen-bond donors (Lipinski definition) is 3. The van der Waals surface area contributed by atoms with Gasteiger partial charge in [-0.15, -0.1) is 0 Å². The third-order valence-corrected chi connectivity index (χ3v) is 4.33. The molecule has 0 unspecified atom stereocenters. The first kappa shape index (κ1) is 14.9. The van der Waals surface area contributed by atoms with Gasteiger partial charge in [-0.05, 0) is 37.1 Å². The third-order valence-electron chi connectivity index (χ3n) is 4.33. The Kier molecular flexibility index (Phi) is 3.98. The minimum atomic E-state index is -0.274. The molecule has 4 rings (SSSR count). The van der Waals surface area contributed by atoms with E-state index in [0.29, 0.717) is 17.6 Å². The van der Waals surface area contributed by atoms with Crippen LogP contribution in [0.3, 0.4) is 0 Å². The largest absolute Gasteiger partial charge is 0.365 e. The molecule has 0 radical (unpaired) electrons. The van der Waals surface area contributed by atoms with Crippen molar-refractivity contribution < 1.29 is 4.39 Å². The Morgan fingerprint density at radius 1 is 1.04 bits per heavy atom. The van der Waals surface area contributed by atoms with E-state index in [1.165, 1.54) is 31.4 Å². The topological polar surface area (TPSA) is 78.5 Å². The lowest BCUT2D eigenvalue weighted by atomic mass is 9.95. The zero-order valence-corrected chi connectivity index (χ0v) is 13.2. The number of aromatic nitrogens is 4. The van der Waals surface area contributed by atoms with Crippen LogP contribution in [0.25, 0.3) is 11.2 Å². The average Bonchev–Trinajstić information content (AvgIpc) is 3.07. The Morgan fingerprint density at radius 3 is 2.62 bits per heavy atom. The molecule has 2 heterocycles. The molecule has 24 heavy (non-hydrogen) atoms. The van der Waals surface area contributed by atoms with Gasteiger partial charge in [-0.2, -0.15) is 9.97 Å². The number of hydrogen-bond acceptors (Lipinski definition) is 5. The molecule has 0 saturated heterocycles. The maximum Gasteiger partial charge on any atom is 0.231 e. The van der Waals surface area contributed by atoms with Gasteiger partial charge in [-0.25, -0.2) is 9.37 Å². The monoisotopic (exact) mass is 326 g/mol. The standard InChI is InChI=1S/C17H19FN6/c18-11-6-8-13(9-7-11)22-17-23-15-14(19-10-20-15)16(24-17)21-12-4-2-1-3-5-12/h6-10,12H,1-5H2,(H3,19,20,21,22,23,24). The van der Waals surface area contributed by atoms with Crippen LogP contribution in [-0.4, -0.2) is 26.0 Å². The van der Waals surface area contributed by atoms with Crippen molar-refractivity contribution in [1.82, 2.24) is 19.9 Å². The summed E-state index contributed by atoms with van der Waals surface area (Å²) in [5.74, 6) is 0.928. The van der Waals surface area contributed by atoms with E-state index in [1.54, 1.807) is 18.5 Å². The molecule has 124 valence electrons. The van der Waals surface area contributed by atoms with Crippen LogP contribution in [0, 0.1) is 5.82 Å². The summed E-state index contributed by atoms with van der Waals surface area (Å²) >= 11 is 0. The zero-order valence-electron chi connectivity index (χ0n) is 13.2.